The molecule has 2 aromatic heterocycles. The Morgan fingerprint density at radius 3 is 2.68 bits per heavy atom. The number of anilines is 1. The number of rotatable bonds is 3. The number of amides is 1. The summed E-state index contributed by atoms with van der Waals surface area (Å²) in [4.78, 5) is 16.5. The van der Waals surface area contributed by atoms with Crippen LogP contribution in [-0.4, -0.2) is 21.1 Å². The van der Waals surface area contributed by atoms with E-state index in [4.69, 9.17) is 0 Å². The number of aromatic amines is 1. The first kappa shape index (κ1) is 16.2. The Labute approximate surface area is 161 Å². The number of nitrogens with one attached hydrogen (secondary N) is 2. The molecule has 1 aliphatic heterocycles. The third kappa shape index (κ3) is 2.89. The maximum absolute atomic E-state index is 12.4. The minimum absolute atomic E-state index is 0.0835. The lowest BCUT2D eigenvalue weighted by atomic mass is 10.0. The normalized spacial score (nSPS) is 14.7. The molecule has 0 fully saturated rings. The van der Waals surface area contributed by atoms with Crippen molar-refractivity contribution < 1.29 is 4.79 Å². The van der Waals surface area contributed by atoms with Crippen LogP contribution in [0.5, 0.6) is 0 Å². The summed E-state index contributed by atoms with van der Waals surface area (Å²) < 4.78 is 0. The number of H-pyrrole nitrogens is 1. The lowest BCUT2D eigenvalue weighted by Crippen LogP contribution is -2.03. The first-order valence-electron chi connectivity index (χ1n) is 8.96. The van der Waals surface area contributed by atoms with Crippen molar-refractivity contribution in [2.75, 3.05) is 5.32 Å². The topological polar surface area (TPSA) is 70.7 Å². The van der Waals surface area contributed by atoms with Gasteiger partial charge in [0.05, 0.1) is 11.7 Å². The van der Waals surface area contributed by atoms with Crippen molar-refractivity contribution in [2.45, 2.75) is 0 Å². The van der Waals surface area contributed by atoms with Crippen molar-refractivity contribution in [3.63, 3.8) is 0 Å². The second-order valence-corrected chi connectivity index (χ2v) is 6.61. The molecular formula is C23H16N4O. The number of pyridine rings is 1. The fraction of sp³-hybridized carbons (Fsp3) is 0. The lowest BCUT2D eigenvalue weighted by Gasteiger charge is -2.03. The Morgan fingerprint density at radius 1 is 0.929 bits per heavy atom. The summed E-state index contributed by atoms with van der Waals surface area (Å²) in [5.41, 5.74) is 6.40. The molecule has 4 aromatic rings. The molecule has 0 bridgehead atoms. The van der Waals surface area contributed by atoms with E-state index in [0.29, 0.717) is 5.57 Å². The van der Waals surface area contributed by atoms with Gasteiger partial charge in [0.1, 0.15) is 0 Å². The molecule has 0 unspecified atom stereocenters. The Hall–Kier alpha value is -3.99. The molecule has 0 saturated carbocycles. The van der Waals surface area contributed by atoms with Gasteiger partial charge in [-0.3, -0.25) is 14.9 Å². The molecule has 5 heteroatoms. The fourth-order valence-corrected chi connectivity index (χ4v) is 3.43. The summed E-state index contributed by atoms with van der Waals surface area (Å²) in [5, 5.41) is 11.1. The van der Waals surface area contributed by atoms with Gasteiger partial charge in [0.15, 0.2) is 0 Å². The average molecular weight is 364 g/mol. The Bertz CT molecular complexity index is 1250. The summed E-state index contributed by atoms with van der Waals surface area (Å²) in [5.74, 6) is -0.0835. The van der Waals surface area contributed by atoms with Crippen molar-refractivity contribution in [1.82, 2.24) is 15.2 Å². The number of fused-ring (bicyclic) bond motifs is 2. The van der Waals surface area contributed by atoms with E-state index in [9.17, 15) is 4.79 Å². The molecule has 0 atom stereocenters. The van der Waals surface area contributed by atoms with E-state index in [1.165, 1.54) is 0 Å². The molecule has 2 N–H and O–H groups in total. The van der Waals surface area contributed by atoms with Crippen LogP contribution in [0.25, 0.3) is 34.7 Å². The number of benzene rings is 2. The van der Waals surface area contributed by atoms with Crippen LogP contribution in [0, 0.1) is 0 Å². The highest BCUT2D eigenvalue weighted by Crippen LogP contribution is 2.33. The minimum atomic E-state index is -0.0835. The third-order valence-corrected chi connectivity index (χ3v) is 4.80. The van der Waals surface area contributed by atoms with Gasteiger partial charge in [-0.1, -0.05) is 30.4 Å². The molecule has 5 rings (SSSR count). The van der Waals surface area contributed by atoms with E-state index in [-0.39, 0.29) is 5.91 Å². The van der Waals surface area contributed by atoms with Crippen LogP contribution in [-0.2, 0) is 4.79 Å². The number of hydrogen-bond acceptors (Lipinski definition) is 3. The standard InChI is InChI=1S/C23H16N4O/c28-23-19(18-3-1-2-4-21(18)26-23)12-16-11-17(20-14-25-27-22(20)13-16)6-5-15-7-9-24-10-8-15/h1-14H,(H,25,27)(H,26,28)/b6-5+,19-12?. The Balaban J connectivity index is 1.60. The largest absolute Gasteiger partial charge is 0.321 e. The number of carbonyl (C=O) groups is 1. The summed E-state index contributed by atoms with van der Waals surface area (Å²) >= 11 is 0. The van der Waals surface area contributed by atoms with Gasteiger partial charge in [0, 0.05) is 34.6 Å². The highest BCUT2D eigenvalue weighted by Gasteiger charge is 2.23. The van der Waals surface area contributed by atoms with Crippen molar-refractivity contribution in [2.24, 2.45) is 0 Å². The summed E-state index contributed by atoms with van der Waals surface area (Å²) in [6, 6.07) is 15.7. The second-order valence-electron chi connectivity index (χ2n) is 6.61. The molecule has 0 radical (unpaired) electrons. The monoisotopic (exact) mass is 364 g/mol. The van der Waals surface area contributed by atoms with Crippen LogP contribution >= 0.6 is 0 Å². The van der Waals surface area contributed by atoms with Crippen LogP contribution < -0.4 is 5.32 Å². The molecule has 28 heavy (non-hydrogen) atoms. The van der Waals surface area contributed by atoms with Gasteiger partial charge >= 0.3 is 0 Å². The number of nitrogens with zero attached hydrogens (tertiary/aromatic N) is 2. The van der Waals surface area contributed by atoms with Gasteiger partial charge in [-0.25, -0.2) is 0 Å². The van der Waals surface area contributed by atoms with Crippen molar-refractivity contribution in [1.29, 1.82) is 0 Å². The highest BCUT2D eigenvalue weighted by molar-refractivity contribution is 6.35. The van der Waals surface area contributed by atoms with Gasteiger partial charge in [-0.05, 0) is 53.1 Å². The average Bonchev–Trinajstić information content (AvgIpc) is 3.32. The van der Waals surface area contributed by atoms with E-state index < -0.39 is 0 Å². The number of para-hydroxylation sites is 1. The van der Waals surface area contributed by atoms with Crippen LogP contribution in [0.15, 0.2) is 67.1 Å². The zero-order valence-corrected chi connectivity index (χ0v) is 14.9. The van der Waals surface area contributed by atoms with Gasteiger partial charge in [-0.15, -0.1) is 0 Å². The molecule has 1 amide bonds. The summed E-state index contributed by atoms with van der Waals surface area (Å²) in [6.45, 7) is 0. The maximum Gasteiger partial charge on any atom is 0.256 e. The van der Waals surface area contributed by atoms with E-state index in [0.717, 1.165) is 38.8 Å². The molecule has 3 heterocycles. The van der Waals surface area contributed by atoms with Gasteiger partial charge in [0.2, 0.25) is 0 Å². The lowest BCUT2D eigenvalue weighted by molar-refractivity contribution is -0.110. The zero-order chi connectivity index (χ0) is 18.9. The van der Waals surface area contributed by atoms with Crippen molar-refractivity contribution >= 4 is 46.3 Å². The van der Waals surface area contributed by atoms with Crippen LogP contribution in [0.4, 0.5) is 5.69 Å². The molecule has 1 aliphatic rings. The van der Waals surface area contributed by atoms with E-state index in [2.05, 4.69) is 32.6 Å². The Morgan fingerprint density at radius 2 is 1.79 bits per heavy atom. The van der Waals surface area contributed by atoms with Crippen LogP contribution in [0.1, 0.15) is 22.3 Å². The number of aromatic nitrogens is 3. The predicted molar refractivity (Wildman–Crippen MR) is 112 cm³/mol. The van der Waals surface area contributed by atoms with Crippen molar-refractivity contribution in [3.05, 3.63) is 89.4 Å². The zero-order valence-electron chi connectivity index (χ0n) is 14.9. The SMILES string of the molecule is O=C1Nc2ccccc2C1=Cc1cc(/C=C/c2ccncc2)c2cn[nH]c2c1. The van der Waals surface area contributed by atoms with Gasteiger partial charge < -0.3 is 5.32 Å². The second kappa shape index (κ2) is 6.63. The number of hydrogen-bond donors (Lipinski definition) is 2. The molecule has 134 valence electrons. The van der Waals surface area contributed by atoms with Gasteiger partial charge in [0.25, 0.3) is 5.91 Å². The minimum Gasteiger partial charge on any atom is -0.321 e. The molecule has 0 aliphatic carbocycles. The molecular weight excluding hydrogens is 348 g/mol. The molecule has 2 aromatic carbocycles. The molecule has 5 nitrogen and oxygen atoms in total. The maximum atomic E-state index is 12.4. The van der Waals surface area contributed by atoms with Crippen LogP contribution in [0.3, 0.4) is 0 Å². The van der Waals surface area contributed by atoms with Gasteiger partial charge in [-0.2, -0.15) is 5.10 Å². The third-order valence-electron chi connectivity index (χ3n) is 4.80. The highest BCUT2D eigenvalue weighted by atomic mass is 16.2. The van der Waals surface area contributed by atoms with Crippen LogP contribution in [0.2, 0.25) is 0 Å². The quantitative estimate of drug-likeness (QED) is 0.521. The first-order chi connectivity index (χ1) is 13.8. The first-order valence-corrected chi connectivity index (χ1v) is 8.96. The van der Waals surface area contributed by atoms with E-state index >= 15 is 0 Å². The van der Waals surface area contributed by atoms with E-state index in [1.54, 1.807) is 12.4 Å². The Kier molecular flexibility index (Phi) is 3.84. The number of carbonyl (C=O) groups excluding carboxylic acids is 1. The summed E-state index contributed by atoms with van der Waals surface area (Å²) in [6.07, 6.45) is 11.4. The van der Waals surface area contributed by atoms with E-state index in [1.807, 2.05) is 60.8 Å². The smallest absolute Gasteiger partial charge is 0.256 e. The summed E-state index contributed by atoms with van der Waals surface area (Å²) in [7, 11) is 0. The van der Waals surface area contributed by atoms with Crippen molar-refractivity contribution in [3.8, 4) is 0 Å². The molecule has 0 spiro atoms. The fourth-order valence-electron chi connectivity index (χ4n) is 3.43. The molecule has 0 saturated heterocycles. The predicted octanol–water partition coefficient (Wildman–Crippen LogP) is 4.62.